The maximum Gasteiger partial charge on any atom is 0.232 e. The van der Waals surface area contributed by atoms with E-state index in [9.17, 15) is 9.59 Å². The molecule has 1 N–H and O–H groups in total. The predicted molar refractivity (Wildman–Crippen MR) is 56.5 cm³/mol. The van der Waals surface area contributed by atoms with Crippen LogP contribution in [-0.2, 0) is 16.6 Å². The fourth-order valence-electron chi connectivity index (χ4n) is 1.22. The van der Waals surface area contributed by atoms with Gasteiger partial charge < -0.3 is 5.32 Å². The quantitative estimate of drug-likeness (QED) is 0.753. The van der Waals surface area contributed by atoms with E-state index in [1.165, 1.54) is 0 Å². The highest BCUT2D eigenvalue weighted by Gasteiger charge is 2.10. The van der Waals surface area contributed by atoms with Gasteiger partial charge in [-0.05, 0) is 6.92 Å². The molecule has 0 fully saturated rings. The molecule has 0 aliphatic rings. The van der Waals surface area contributed by atoms with E-state index in [0.717, 1.165) is 5.69 Å². The Hall–Kier alpha value is -1.65. The minimum absolute atomic E-state index is 0.0635. The molecule has 5 heteroatoms. The smallest absolute Gasteiger partial charge is 0.232 e. The van der Waals surface area contributed by atoms with E-state index in [1.54, 1.807) is 24.7 Å². The van der Waals surface area contributed by atoms with Gasteiger partial charge in [-0.3, -0.25) is 14.3 Å². The number of hydrogen-bond acceptors (Lipinski definition) is 3. The van der Waals surface area contributed by atoms with Crippen LogP contribution in [0.15, 0.2) is 6.07 Å². The molecular formula is C10H15N3O2. The summed E-state index contributed by atoms with van der Waals surface area (Å²) in [6, 6.07) is 1.76. The van der Waals surface area contributed by atoms with E-state index in [0.29, 0.717) is 12.2 Å². The van der Waals surface area contributed by atoms with E-state index in [-0.39, 0.29) is 18.1 Å². The number of nitrogens with zero attached hydrogens (tertiary/aromatic N) is 2. The molecule has 82 valence electrons. The lowest BCUT2D eigenvalue weighted by atomic mass is 10.2. The first-order valence-corrected chi connectivity index (χ1v) is 4.85. The number of carbonyl (C=O) groups is 2. The van der Waals surface area contributed by atoms with Gasteiger partial charge in [0.05, 0.1) is 12.1 Å². The molecule has 1 amide bonds. The van der Waals surface area contributed by atoms with Crippen molar-refractivity contribution in [3.8, 4) is 0 Å². The third-order valence-electron chi connectivity index (χ3n) is 2.02. The number of nitrogens with one attached hydrogen (secondary N) is 1. The summed E-state index contributed by atoms with van der Waals surface area (Å²) >= 11 is 0. The molecular weight excluding hydrogens is 194 g/mol. The fourth-order valence-corrected chi connectivity index (χ4v) is 1.22. The topological polar surface area (TPSA) is 64.0 Å². The maximum atomic E-state index is 11.4. The van der Waals surface area contributed by atoms with Crippen LogP contribution in [0.25, 0.3) is 0 Å². The number of rotatable bonds is 4. The van der Waals surface area contributed by atoms with Crippen LogP contribution in [0.2, 0.25) is 0 Å². The molecule has 0 spiro atoms. The van der Waals surface area contributed by atoms with Crippen molar-refractivity contribution < 1.29 is 9.59 Å². The van der Waals surface area contributed by atoms with Gasteiger partial charge in [-0.25, -0.2) is 0 Å². The average molecular weight is 209 g/mol. The van der Waals surface area contributed by atoms with Crippen molar-refractivity contribution in [2.45, 2.75) is 26.7 Å². The van der Waals surface area contributed by atoms with Crippen LogP contribution in [0, 0.1) is 6.92 Å². The fraction of sp³-hybridized carbons (Fsp3) is 0.500. The molecule has 1 rings (SSSR count). The first-order chi connectivity index (χ1) is 7.02. The first kappa shape index (κ1) is 11.4. The molecule has 1 aromatic heterocycles. The van der Waals surface area contributed by atoms with Gasteiger partial charge in [0.15, 0.2) is 0 Å². The number of amides is 1. The number of anilines is 1. The summed E-state index contributed by atoms with van der Waals surface area (Å²) in [5.41, 5.74) is 0.828. The Morgan fingerprint density at radius 3 is 2.67 bits per heavy atom. The largest absolute Gasteiger partial charge is 0.311 e. The SMILES string of the molecule is CCC(=O)CC(=O)Nc1cc(C)nn1C. The van der Waals surface area contributed by atoms with Gasteiger partial charge in [0.25, 0.3) is 0 Å². The summed E-state index contributed by atoms with van der Waals surface area (Å²) in [6.45, 7) is 3.58. The van der Waals surface area contributed by atoms with Crippen LogP contribution in [0.4, 0.5) is 5.82 Å². The standard InChI is InChI=1S/C10H15N3O2/c1-4-8(14)6-10(15)11-9-5-7(2)12-13(9)3/h5H,4,6H2,1-3H3,(H,11,15). The van der Waals surface area contributed by atoms with E-state index < -0.39 is 0 Å². The van der Waals surface area contributed by atoms with E-state index in [4.69, 9.17) is 0 Å². The van der Waals surface area contributed by atoms with Crippen molar-refractivity contribution in [3.63, 3.8) is 0 Å². The normalized spacial score (nSPS) is 10.1. The van der Waals surface area contributed by atoms with Crippen LogP contribution in [0.3, 0.4) is 0 Å². The molecule has 0 atom stereocenters. The monoisotopic (exact) mass is 209 g/mol. The molecule has 5 nitrogen and oxygen atoms in total. The van der Waals surface area contributed by atoms with Crippen LogP contribution < -0.4 is 5.32 Å². The summed E-state index contributed by atoms with van der Waals surface area (Å²) in [7, 11) is 1.74. The lowest BCUT2D eigenvalue weighted by Gasteiger charge is -2.03. The van der Waals surface area contributed by atoms with Crippen molar-refractivity contribution in [3.05, 3.63) is 11.8 Å². The Labute approximate surface area is 88.5 Å². The molecule has 0 unspecified atom stereocenters. The van der Waals surface area contributed by atoms with Gasteiger partial charge in [-0.15, -0.1) is 0 Å². The lowest BCUT2D eigenvalue weighted by Crippen LogP contribution is -2.17. The van der Waals surface area contributed by atoms with E-state index in [2.05, 4.69) is 10.4 Å². The molecule has 1 heterocycles. The molecule has 0 bridgehead atoms. The van der Waals surface area contributed by atoms with Gasteiger partial charge in [-0.1, -0.05) is 6.92 Å². The van der Waals surface area contributed by atoms with Crippen LogP contribution in [0.5, 0.6) is 0 Å². The van der Waals surface area contributed by atoms with Crippen molar-refractivity contribution >= 4 is 17.5 Å². The summed E-state index contributed by atoms with van der Waals surface area (Å²) in [5, 5.41) is 6.72. The molecule has 15 heavy (non-hydrogen) atoms. The number of carbonyl (C=O) groups excluding carboxylic acids is 2. The number of Topliss-reactive ketones (excluding diaryl/α,β-unsaturated/α-hetero) is 1. The van der Waals surface area contributed by atoms with Crippen molar-refractivity contribution in [2.75, 3.05) is 5.32 Å². The summed E-state index contributed by atoms with van der Waals surface area (Å²) in [6.07, 6.45) is 0.318. The van der Waals surface area contributed by atoms with E-state index in [1.807, 2.05) is 6.92 Å². The zero-order valence-electron chi connectivity index (χ0n) is 9.20. The number of ketones is 1. The third kappa shape index (κ3) is 3.19. The van der Waals surface area contributed by atoms with Crippen LogP contribution in [-0.4, -0.2) is 21.5 Å². The molecule has 0 aliphatic carbocycles. The Kier molecular flexibility index (Phi) is 3.60. The number of aromatic nitrogens is 2. The lowest BCUT2D eigenvalue weighted by molar-refractivity contribution is -0.125. The molecule has 0 radical (unpaired) electrons. The maximum absolute atomic E-state index is 11.4. The van der Waals surface area contributed by atoms with Crippen molar-refractivity contribution in [1.29, 1.82) is 0 Å². The molecule has 0 aliphatic heterocycles. The van der Waals surface area contributed by atoms with Gasteiger partial charge in [-0.2, -0.15) is 5.10 Å². The highest BCUT2D eigenvalue weighted by molar-refractivity contribution is 6.03. The Morgan fingerprint density at radius 2 is 2.20 bits per heavy atom. The van der Waals surface area contributed by atoms with Crippen molar-refractivity contribution in [2.24, 2.45) is 7.05 Å². The van der Waals surface area contributed by atoms with Gasteiger partial charge in [0.2, 0.25) is 5.91 Å². The Morgan fingerprint density at radius 1 is 1.53 bits per heavy atom. The van der Waals surface area contributed by atoms with Crippen LogP contribution in [0.1, 0.15) is 25.5 Å². The minimum atomic E-state index is -0.287. The minimum Gasteiger partial charge on any atom is -0.311 e. The number of aryl methyl sites for hydroxylation is 2. The Balaban J connectivity index is 2.58. The highest BCUT2D eigenvalue weighted by atomic mass is 16.2. The van der Waals surface area contributed by atoms with Gasteiger partial charge in [0.1, 0.15) is 11.6 Å². The zero-order chi connectivity index (χ0) is 11.4. The summed E-state index contributed by atoms with van der Waals surface area (Å²) < 4.78 is 1.57. The second-order valence-electron chi connectivity index (χ2n) is 3.41. The highest BCUT2D eigenvalue weighted by Crippen LogP contribution is 2.08. The van der Waals surface area contributed by atoms with Crippen LogP contribution >= 0.6 is 0 Å². The molecule has 0 saturated carbocycles. The summed E-state index contributed by atoms with van der Waals surface area (Å²) in [4.78, 5) is 22.4. The van der Waals surface area contributed by atoms with E-state index >= 15 is 0 Å². The van der Waals surface area contributed by atoms with Gasteiger partial charge in [0, 0.05) is 19.5 Å². The predicted octanol–water partition coefficient (Wildman–Crippen LogP) is 1.04. The molecule has 0 aromatic carbocycles. The average Bonchev–Trinajstić information content (AvgIpc) is 2.44. The zero-order valence-corrected chi connectivity index (χ0v) is 9.20. The third-order valence-corrected chi connectivity index (χ3v) is 2.02. The number of hydrogen-bond donors (Lipinski definition) is 1. The summed E-state index contributed by atoms with van der Waals surface area (Å²) in [5.74, 6) is 0.262. The van der Waals surface area contributed by atoms with Crippen molar-refractivity contribution in [1.82, 2.24) is 9.78 Å². The second-order valence-corrected chi connectivity index (χ2v) is 3.41. The Bertz CT molecular complexity index is 382. The van der Waals surface area contributed by atoms with Gasteiger partial charge >= 0.3 is 0 Å². The second kappa shape index (κ2) is 4.72. The first-order valence-electron chi connectivity index (χ1n) is 4.85. The molecule has 1 aromatic rings. The molecule has 0 saturated heterocycles.